The van der Waals surface area contributed by atoms with Gasteiger partial charge in [0.2, 0.25) is 0 Å². The van der Waals surface area contributed by atoms with Crippen LogP contribution in [0, 0.1) is 5.82 Å². The van der Waals surface area contributed by atoms with Crippen molar-refractivity contribution in [3.8, 4) is 11.5 Å². The first-order valence-corrected chi connectivity index (χ1v) is 4.33. The first-order chi connectivity index (χ1) is 6.49. The summed E-state index contributed by atoms with van der Waals surface area (Å²) in [6, 6.07) is 1.09. The van der Waals surface area contributed by atoms with E-state index in [0.29, 0.717) is 0 Å². The van der Waals surface area contributed by atoms with E-state index in [2.05, 4.69) is 20.7 Å². The molecule has 1 rings (SSSR count). The second kappa shape index (κ2) is 3.83. The zero-order valence-corrected chi connectivity index (χ0v) is 8.76. The molecule has 0 fully saturated rings. The molecule has 1 aromatic rings. The molecule has 0 aliphatic rings. The molecule has 4 nitrogen and oxygen atoms in total. The average molecular weight is 264 g/mol. The van der Waals surface area contributed by atoms with Crippen LogP contribution in [-0.2, 0) is 0 Å². The van der Waals surface area contributed by atoms with Gasteiger partial charge in [0, 0.05) is 0 Å². The maximum absolute atomic E-state index is 13.2. The maximum Gasteiger partial charge on any atom is 0.252 e. The van der Waals surface area contributed by atoms with Crippen molar-refractivity contribution in [1.29, 1.82) is 0 Å². The third kappa shape index (κ3) is 1.65. The lowest BCUT2D eigenvalue weighted by atomic mass is 10.1. The summed E-state index contributed by atoms with van der Waals surface area (Å²) in [5, 5.41) is 9.38. The predicted molar refractivity (Wildman–Crippen MR) is 50.8 cm³/mol. The molecule has 0 unspecified atom stereocenters. The normalized spacial score (nSPS) is 9.93. The summed E-state index contributed by atoms with van der Waals surface area (Å²) in [7, 11) is 1.18. The summed E-state index contributed by atoms with van der Waals surface area (Å²) >= 11 is 2.87. The molecule has 1 amide bonds. The molecule has 0 radical (unpaired) electrons. The second-order valence-corrected chi connectivity index (χ2v) is 3.32. The fourth-order valence-electron chi connectivity index (χ4n) is 0.967. The Morgan fingerprint density at radius 2 is 2.29 bits per heavy atom. The molecule has 0 aliphatic heterocycles. The Labute approximate surface area is 87.6 Å². The standard InChI is InChI=1S/C8H7BrFNO3/c1-14-7-5(10)4(9)2-3(6(7)12)8(11)13/h2,12H,1H3,(H2,11,13). The minimum Gasteiger partial charge on any atom is -0.504 e. The lowest BCUT2D eigenvalue weighted by Gasteiger charge is -2.08. The quantitative estimate of drug-likeness (QED) is 0.848. The molecule has 14 heavy (non-hydrogen) atoms. The van der Waals surface area contributed by atoms with Gasteiger partial charge in [-0.25, -0.2) is 4.39 Å². The zero-order chi connectivity index (χ0) is 10.9. The highest BCUT2D eigenvalue weighted by molar-refractivity contribution is 9.10. The predicted octanol–water partition coefficient (Wildman–Crippen LogP) is 1.40. The van der Waals surface area contributed by atoms with Gasteiger partial charge < -0.3 is 15.6 Å². The van der Waals surface area contributed by atoms with Gasteiger partial charge in [-0.05, 0) is 22.0 Å². The van der Waals surface area contributed by atoms with E-state index in [-0.39, 0.29) is 10.0 Å². The van der Waals surface area contributed by atoms with Gasteiger partial charge >= 0.3 is 0 Å². The van der Waals surface area contributed by atoms with E-state index in [9.17, 15) is 14.3 Å². The Balaban J connectivity index is 3.50. The van der Waals surface area contributed by atoms with Gasteiger partial charge in [0.1, 0.15) is 0 Å². The Morgan fingerprint density at radius 1 is 1.71 bits per heavy atom. The van der Waals surface area contributed by atoms with Gasteiger partial charge in [-0.2, -0.15) is 0 Å². The molecule has 6 heteroatoms. The molecule has 0 saturated heterocycles. The van der Waals surface area contributed by atoms with Gasteiger partial charge in [-0.1, -0.05) is 0 Å². The highest BCUT2D eigenvalue weighted by Crippen LogP contribution is 2.36. The monoisotopic (exact) mass is 263 g/mol. The smallest absolute Gasteiger partial charge is 0.252 e. The fourth-order valence-corrected chi connectivity index (χ4v) is 1.38. The molecule has 0 bridgehead atoms. The number of nitrogens with two attached hydrogens (primary N) is 1. The van der Waals surface area contributed by atoms with Crippen molar-refractivity contribution in [1.82, 2.24) is 0 Å². The molecule has 0 saturated carbocycles. The second-order valence-electron chi connectivity index (χ2n) is 2.47. The number of hydrogen-bond donors (Lipinski definition) is 2. The summed E-state index contributed by atoms with van der Waals surface area (Å²) < 4.78 is 17.8. The van der Waals surface area contributed by atoms with Crippen LogP contribution in [0.5, 0.6) is 11.5 Å². The number of methoxy groups -OCH3 is 1. The SMILES string of the molecule is COc1c(O)c(C(N)=O)cc(Br)c1F. The Morgan fingerprint density at radius 3 is 2.71 bits per heavy atom. The number of ether oxygens (including phenoxy) is 1. The van der Waals surface area contributed by atoms with Crippen molar-refractivity contribution >= 4 is 21.8 Å². The highest BCUT2D eigenvalue weighted by Gasteiger charge is 2.19. The number of amides is 1. The minimum absolute atomic E-state index is 0.000880. The van der Waals surface area contributed by atoms with Crippen molar-refractivity contribution in [2.45, 2.75) is 0 Å². The van der Waals surface area contributed by atoms with Crippen molar-refractivity contribution in [3.63, 3.8) is 0 Å². The van der Waals surface area contributed by atoms with Crippen LogP contribution in [0.1, 0.15) is 10.4 Å². The van der Waals surface area contributed by atoms with Crippen LogP contribution in [0.3, 0.4) is 0 Å². The van der Waals surface area contributed by atoms with E-state index in [1.165, 1.54) is 7.11 Å². The Hall–Kier alpha value is -1.30. The first kappa shape index (κ1) is 10.8. The summed E-state index contributed by atoms with van der Waals surface area (Å²) in [6.07, 6.45) is 0. The lowest BCUT2D eigenvalue weighted by molar-refractivity contribution is 0.0997. The Bertz CT molecular complexity index is 395. The number of rotatable bonds is 2. The van der Waals surface area contributed by atoms with Gasteiger partial charge in [0.05, 0.1) is 17.1 Å². The lowest BCUT2D eigenvalue weighted by Crippen LogP contribution is -2.12. The summed E-state index contributed by atoms with van der Waals surface area (Å²) in [4.78, 5) is 10.8. The number of halogens is 2. The van der Waals surface area contributed by atoms with Crippen molar-refractivity contribution in [2.75, 3.05) is 7.11 Å². The van der Waals surface area contributed by atoms with Gasteiger partial charge in [-0.3, -0.25) is 4.79 Å². The van der Waals surface area contributed by atoms with Crippen LogP contribution in [0.4, 0.5) is 4.39 Å². The highest BCUT2D eigenvalue weighted by atomic mass is 79.9. The number of phenols is 1. The van der Waals surface area contributed by atoms with Gasteiger partial charge in [0.15, 0.2) is 17.3 Å². The first-order valence-electron chi connectivity index (χ1n) is 3.53. The topological polar surface area (TPSA) is 72.6 Å². The van der Waals surface area contributed by atoms with Gasteiger partial charge in [-0.15, -0.1) is 0 Å². The van der Waals surface area contributed by atoms with Crippen molar-refractivity contribution in [2.24, 2.45) is 5.73 Å². The van der Waals surface area contributed by atoms with Gasteiger partial charge in [0.25, 0.3) is 5.91 Å². The number of benzene rings is 1. The van der Waals surface area contributed by atoms with E-state index in [1.54, 1.807) is 0 Å². The molecule has 1 aromatic carbocycles. The molecular weight excluding hydrogens is 257 g/mol. The summed E-state index contributed by atoms with van der Waals surface area (Å²) in [5.41, 5.74) is 4.76. The molecule has 0 heterocycles. The fraction of sp³-hybridized carbons (Fsp3) is 0.125. The van der Waals surface area contributed by atoms with E-state index >= 15 is 0 Å². The molecule has 0 aromatic heterocycles. The summed E-state index contributed by atoms with van der Waals surface area (Å²) in [6.45, 7) is 0. The molecule has 76 valence electrons. The van der Waals surface area contributed by atoms with Crippen LogP contribution >= 0.6 is 15.9 Å². The minimum atomic E-state index is -0.860. The number of primary amides is 1. The van der Waals surface area contributed by atoms with E-state index < -0.39 is 23.2 Å². The van der Waals surface area contributed by atoms with Crippen LogP contribution in [0.2, 0.25) is 0 Å². The third-order valence-electron chi connectivity index (χ3n) is 1.62. The number of aromatic hydroxyl groups is 1. The Kier molecular flexibility index (Phi) is 2.95. The number of carbonyl (C=O) groups excluding carboxylic acids is 1. The maximum atomic E-state index is 13.2. The molecule has 0 spiro atoms. The van der Waals surface area contributed by atoms with E-state index in [1.807, 2.05) is 0 Å². The van der Waals surface area contributed by atoms with Crippen LogP contribution in [0.25, 0.3) is 0 Å². The van der Waals surface area contributed by atoms with Crippen LogP contribution in [0.15, 0.2) is 10.5 Å². The summed E-state index contributed by atoms with van der Waals surface area (Å²) in [5.74, 6) is -2.65. The molecule has 0 atom stereocenters. The largest absolute Gasteiger partial charge is 0.504 e. The molecular formula is C8H7BrFNO3. The zero-order valence-electron chi connectivity index (χ0n) is 7.17. The average Bonchev–Trinajstić information content (AvgIpc) is 2.12. The van der Waals surface area contributed by atoms with E-state index in [0.717, 1.165) is 6.07 Å². The van der Waals surface area contributed by atoms with Crippen LogP contribution < -0.4 is 10.5 Å². The van der Waals surface area contributed by atoms with Crippen LogP contribution in [-0.4, -0.2) is 18.1 Å². The number of hydrogen-bond acceptors (Lipinski definition) is 3. The van der Waals surface area contributed by atoms with E-state index in [4.69, 9.17) is 5.73 Å². The van der Waals surface area contributed by atoms with Crippen molar-refractivity contribution in [3.05, 3.63) is 21.9 Å². The molecule has 3 N–H and O–H groups in total. The number of carbonyl (C=O) groups is 1. The third-order valence-corrected chi connectivity index (χ3v) is 2.20. The van der Waals surface area contributed by atoms with Crippen molar-refractivity contribution < 1.29 is 19.0 Å². The molecule has 0 aliphatic carbocycles.